The van der Waals surface area contributed by atoms with Crippen LogP contribution in [0.2, 0.25) is 0 Å². The van der Waals surface area contributed by atoms with Gasteiger partial charge in [0.05, 0.1) is 6.04 Å². The number of amidine groups is 1. The first kappa shape index (κ1) is 15.5. The molecule has 0 spiro atoms. The van der Waals surface area contributed by atoms with Crippen molar-refractivity contribution < 1.29 is 4.79 Å². The van der Waals surface area contributed by atoms with Crippen LogP contribution in [0.15, 0.2) is 24.3 Å². The summed E-state index contributed by atoms with van der Waals surface area (Å²) in [5, 5.41) is 10.1. The zero-order valence-corrected chi connectivity index (χ0v) is 11.8. The van der Waals surface area contributed by atoms with Crippen molar-refractivity contribution in [2.45, 2.75) is 19.0 Å². The molecule has 0 saturated carbocycles. The van der Waals surface area contributed by atoms with Gasteiger partial charge in [0.1, 0.15) is 5.84 Å². The van der Waals surface area contributed by atoms with Crippen molar-refractivity contribution in [3.63, 3.8) is 0 Å². The first-order chi connectivity index (χ1) is 9.04. The fourth-order valence-corrected chi connectivity index (χ4v) is 1.99. The maximum absolute atomic E-state index is 11.7. The highest BCUT2D eigenvalue weighted by molar-refractivity contribution is 7.98. The third-order valence-corrected chi connectivity index (χ3v) is 3.35. The number of nitrogens with one attached hydrogen (secondary N) is 2. The number of hydrogen-bond acceptors (Lipinski definition) is 4. The van der Waals surface area contributed by atoms with Crippen LogP contribution in [0.1, 0.15) is 17.5 Å². The van der Waals surface area contributed by atoms with E-state index in [2.05, 4.69) is 5.32 Å². The molecule has 0 bridgehead atoms. The minimum atomic E-state index is -0.455. The lowest BCUT2D eigenvalue weighted by atomic mass is 10.1. The van der Waals surface area contributed by atoms with Crippen LogP contribution in [0.3, 0.4) is 0 Å². The maximum Gasteiger partial charge on any atom is 0.237 e. The Kier molecular flexibility index (Phi) is 6.38. The van der Waals surface area contributed by atoms with Gasteiger partial charge in [0, 0.05) is 12.1 Å². The molecule has 0 saturated heterocycles. The Labute approximate surface area is 117 Å². The van der Waals surface area contributed by atoms with Crippen molar-refractivity contribution >= 4 is 23.5 Å². The van der Waals surface area contributed by atoms with Crippen molar-refractivity contribution in [1.82, 2.24) is 5.32 Å². The monoisotopic (exact) mass is 280 g/mol. The van der Waals surface area contributed by atoms with Crippen LogP contribution in [-0.4, -0.2) is 29.8 Å². The van der Waals surface area contributed by atoms with E-state index in [1.54, 1.807) is 23.9 Å². The fraction of sp³-hybridized carbons (Fsp3) is 0.385. The quantitative estimate of drug-likeness (QED) is 0.435. The number of nitrogen functional groups attached to an aromatic ring is 1. The molecule has 0 unspecified atom stereocenters. The first-order valence-corrected chi connectivity index (χ1v) is 7.39. The molecular formula is C13H20N4OS. The van der Waals surface area contributed by atoms with Gasteiger partial charge < -0.3 is 16.8 Å². The van der Waals surface area contributed by atoms with Gasteiger partial charge >= 0.3 is 0 Å². The van der Waals surface area contributed by atoms with E-state index in [-0.39, 0.29) is 11.7 Å². The van der Waals surface area contributed by atoms with E-state index in [4.69, 9.17) is 16.9 Å². The van der Waals surface area contributed by atoms with Crippen LogP contribution in [0.4, 0.5) is 0 Å². The largest absolute Gasteiger partial charge is 0.384 e. The molecule has 5 nitrogen and oxygen atoms in total. The summed E-state index contributed by atoms with van der Waals surface area (Å²) in [5.41, 5.74) is 12.8. The van der Waals surface area contributed by atoms with Gasteiger partial charge in [0.2, 0.25) is 5.91 Å². The minimum Gasteiger partial charge on any atom is -0.384 e. The molecule has 19 heavy (non-hydrogen) atoms. The van der Waals surface area contributed by atoms with Crippen LogP contribution in [0.25, 0.3) is 0 Å². The average molecular weight is 280 g/mol. The summed E-state index contributed by atoms with van der Waals surface area (Å²) in [6.45, 7) is 0.435. The van der Waals surface area contributed by atoms with Crippen LogP contribution < -0.4 is 16.8 Å². The maximum atomic E-state index is 11.7. The van der Waals surface area contributed by atoms with Gasteiger partial charge in [-0.3, -0.25) is 10.2 Å². The number of nitrogens with two attached hydrogens (primary N) is 2. The predicted octanol–water partition coefficient (Wildman–Crippen LogP) is 0.667. The van der Waals surface area contributed by atoms with Crippen molar-refractivity contribution in [1.29, 1.82) is 5.41 Å². The highest BCUT2D eigenvalue weighted by atomic mass is 32.2. The Hall–Kier alpha value is -1.53. The van der Waals surface area contributed by atoms with Crippen LogP contribution in [0, 0.1) is 5.41 Å². The summed E-state index contributed by atoms with van der Waals surface area (Å²) in [4.78, 5) is 11.7. The molecule has 0 aliphatic rings. The summed E-state index contributed by atoms with van der Waals surface area (Å²) >= 11 is 1.67. The Morgan fingerprint density at radius 3 is 2.58 bits per heavy atom. The van der Waals surface area contributed by atoms with Gasteiger partial charge in [-0.2, -0.15) is 11.8 Å². The predicted molar refractivity (Wildman–Crippen MR) is 80.3 cm³/mol. The lowest BCUT2D eigenvalue weighted by Gasteiger charge is -2.11. The summed E-state index contributed by atoms with van der Waals surface area (Å²) in [5.74, 6) is 0.779. The van der Waals surface area contributed by atoms with E-state index in [0.29, 0.717) is 18.5 Å². The van der Waals surface area contributed by atoms with Crippen molar-refractivity contribution in [3.8, 4) is 0 Å². The highest BCUT2D eigenvalue weighted by Crippen LogP contribution is 2.04. The van der Waals surface area contributed by atoms with E-state index in [0.717, 1.165) is 11.3 Å². The van der Waals surface area contributed by atoms with Gasteiger partial charge in [0.15, 0.2) is 0 Å². The molecule has 104 valence electrons. The van der Waals surface area contributed by atoms with E-state index < -0.39 is 6.04 Å². The van der Waals surface area contributed by atoms with Crippen LogP contribution >= 0.6 is 11.8 Å². The number of rotatable bonds is 7. The second-order valence-electron chi connectivity index (χ2n) is 4.22. The van der Waals surface area contributed by atoms with Crippen molar-refractivity contribution in [3.05, 3.63) is 35.4 Å². The normalized spacial score (nSPS) is 11.9. The SMILES string of the molecule is CSCC[C@H](N)C(=O)NCc1ccc(C(=N)N)cc1. The van der Waals surface area contributed by atoms with Gasteiger partial charge in [-0.05, 0) is 24.0 Å². The van der Waals surface area contributed by atoms with Gasteiger partial charge in [-0.1, -0.05) is 24.3 Å². The number of amides is 1. The molecule has 1 rings (SSSR count). The van der Waals surface area contributed by atoms with E-state index >= 15 is 0 Å². The van der Waals surface area contributed by atoms with Crippen molar-refractivity contribution in [2.75, 3.05) is 12.0 Å². The third-order valence-electron chi connectivity index (χ3n) is 2.70. The number of thioether (sulfide) groups is 1. The summed E-state index contributed by atoms with van der Waals surface area (Å²) < 4.78 is 0. The fourth-order valence-electron chi connectivity index (χ4n) is 1.50. The lowest BCUT2D eigenvalue weighted by Crippen LogP contribution is -2.40. The molecule has 6 heteroatoms. The summed E-state index contributed by atoms with van der Waals surface area (Å²) in [6.07, 6.45) is 2.66. The lowest BCUT2D eigenvalue weighted by molar-refractivity contribution is -0.122. The zero-order valence-electron chi connectivity index (χ0n) is 11.0. The average Bonchev–Trinajstić information content (AvgIpc) is 2.42. The highest BCUT2D eigenvalue weighted by Gasteiger charge is 2.12. The Bertz CT molecular complexity index is 433. The molecule has 0 aliphatic carbocycles. The molecule has 1 atom stereocenters. The smallest absolute Gasteiger partial charge is 0.237 e. The summed E-state index contributed by atoms with van der Waals surface area (Å²) in [6, 6.07) is 6.74. The molecule has 1 aromatic rings. The number of carbonyl (C=O) groups is 1. The molecule has 6 N–H and O–H groups in total. The third kappa shape index (κ3) is 5.32. The van der Waals surface area contributed by atoms with E-state index in [9.17, 15) is 4.79 Å². The standard InChI is InChI=1S/C13H20N4OS/c1-19-7-6-11(14)13(18)17-8-9-2-4-10(5-3-9)12(15)16/h2-5,11H,6-8,14H2,1H3,(H3,15,16)(H,17,18)/t11-/m0/s1. The van der Waals surface area contributed by atoms with E-state index in [1.807, 2.05) is 18.4 Å². The first-order valence-electron chi connectivity index (χ1n) is 6.00. The molecule has 1 amide bonds. The van der Waals surface area contributed by atoms with E-state index in [1.165, 1.54) is 0 Å². The van der Waals surface area contributed by atoms with Gasteiger partial charge in [-0.15, -0.1) is 0 Å². The summed E-state index contributed by atoms with van der Waals surface area (Å²) in [7, 11) is 0. The molecule has 0 aliphatic heterocycles. The Balaban J connectivity index is 2.43. The van der Waals surface area contributed by atoms with Crippen molar-refractivity contribution in [2.24, 2.45) is 11.5 Å². The van der Waals surface area contributed by atoms with Gasteiger partial charge in [0.25, 0.3) is 0 Å². The van der Waals surface area contributed by atoms with Crippen LogP contribution in [0.5, 0.6) is 0 Å². The molecule has 0 radical (unpaired) electrons. The Morgan fingerprint density at radius 2 is 2.05 bits per heavy atom. The second kappa shape index (κ2) is 7.81. The Morgan fingerprint density at radius 1 is 1.42 bits per heavy atom. The topological polar surface area (TPSA) is 105 Å². The van der Waals surface area contributed by atoms with Crippen LogP contribution in [-0.2, 0) is 11.3 Å². The molecular weight excluding hydrogens is 260 g/mol. The minimum absolute atomic E-state index is 0.0367. The zero-order chi connectivity index (χ0) is 14.3. The van der Waals surface area contributed by atoms with Gasteiger partial charge in [-0.25, -0.2) is 0 Å². The second-order valence-corrected chi connectivity index (χ2v) is 5.20. The number of benzene rings is 1. The number of carbonyl (C=O) groups excluding carboxylic acids is 1. The molecule has 0 fully saturated rings. The molecule has 0 heterocycles. The number of hydrogen-bond donors (Lipinski definition) is 4. The molecule has 1 aromatic carbocycles. The molecule has 0 aromatic heterocycles.